The van der Waals surface area contributed by atoms with E-state index >= 15 is 0 Å². The van der Waals surface area contributed by atoms with E-state index in [-0.39, 0.29) is 31.1 Å². The average molecular weight is 807 g/mol. The Hall–Kier alpha value is -1.59. The normalized spacial score (nSPS) is 12.6. The van der Waals surface area contributed by atoms with Crippen molar-refractivity contribution >= 4 is 17.9 Å². The van der Waals surface area contributed by atoms with Crippen molar-refractivity contribution in [2.24, 2.45) is 17.8 Å². The molecule has 0 rings (SSSR count). The van der Waals surface area contributed by atoms with Gasteiger partial charge in [-0.1, -0.05) is 234 Å². The van der Waals surface area contributed by atoms with Crippen molar-refractivity contribution in [2.45, 2.75) is 279 Å². The molecule has 6 heteroatoms. The highest BCUT2D eigenvalue weighted by molar-refractivity contribution is 5.71. The summed E-state index contributed by atoms with van der Waals surface area (Å²) in [5.41, 5.74) is 0. The van der Waals surface area contributed by atoms with Crippen molar-refractivity contribution in [3.05, 3.63) is 0 Å². The van der Waals surface area contributed by atoms with Crippen molar-refractivity contribution in [2.75, 3.05) is 13.2 Å². The van der Waals surface area contributed by atoms with Gasteiger partial charge in [-0.3, -0.25) is 14.4 Å². The predicted octanol–water partition coefficient (Wildman–Crippen LogP) is 16.0. The molecule has 0 aromatic heterocycles. The summed E-state index contributed by atoms with van der Waals surface area (Å²) in [5, 5.41) is 0. The first-order valence-electron chi connectivity index (χ1n) is 25.1. The molecule has 0 N–H and O–H groups in total. The summed E-state index contributed by atoms with van der Waals surface area (Å²) in [5.74, 6) is 1.60. The fourth-order valence-corrected chi connectivity index (χ4v) is 7.55. The number of carbonyl (C=O) groups excluding carboxylic acids is 3. The zero-order valence-electron chi connectivity index (χ0n) is 39.1. The molecule has 0 aliphatic rings. The molecule has 0 aliphatic carbocycles. The van der Waals surface area contributed by atoms with E-state index in [2.05, 4.69) is 41.5 Å². The second-order valence-corrected chi connectivity index (χ2v) is 18.6. The second-order valence-electron chi connectivity index (χ2n) is 18.6. The lowest BCUT2D eigenvalue weighted by atomic mass is 10.00. The van der Waals surface area contributed by atoms with Gasteiger partial charge < -0.3 is 14.2 Å². The summed E-state index contributed by atoms with van der Waals surface area (Å²) in [6, 6.07) is 0. The molecule has 0 bridgehead atoms. The number of unbranched alkanes of at least 4 members (excludes halogenated alkanes) is 26. The van der Waals surface area contributed by atoms with Gasteiger partial charge in [-0.2, -0.15) is 0 Å². The summed E-state index contributed by atoms with van der Waals surface area (Å²) < 4.78 is 16.8. The molecule has 0 saturated carbocycles. The Bertz CT molecular complexity index is 885. The van der Waals surface area contributed by atoms with Gasteiger partial charge in [0, 0.05) is 19.3 Å². The second kappa shape index (κ2) is 42.5. The van der Waals surface area contributed by atoms with Crippen LogP contribution in [0, 0.1) is 17.8 Å². The van der Waals surface area contributed by atoms with Crippen LogP contribution in [-0.4, -0.2) is 37.2 Å². The minimum atomic E-state index is -0.763. The minimum Gasteiger partial charge on any atom is -0.462 e. The molecule has 338 valence electrons. The number of hydrogen-bond donors (Lipinski definition) is 0. The van der Waals surface area contributed by atoms with Gasteiger partial charge in [-0.25, -0.2) is 0 Å². The first kappa shape index (κ1) is 55.4. The molecule has 0 aromatic rings. The average Bonchev–Trinajstić information content (AvgIpc) is 3.18. The summed E-state index contributed by atoms with van der Waals surface area (Å²) in [4.78, 5) is 37.8. The summed E-state index contributed by atoms with van der Waals surface area (Å²) in [6.07, 6.45) is 41.0. The van der Waals surface area contributed by atoms with Crippen LogP contribution in [0.4, 0.5) is 0 Å². The monoisotopic (exact) mass is 807 g/mol. The van der Waals surface area contributed by atoms with E-state index in [1.165, 1.54) is 154 Å². The molecule has 2 atom stereocenters. The fourth-order valence-electron chi connectivity index (χ4n) is 7.55. The minimum absolute atomic E-state index is 0.0659. The molecule has 0 spiro atoms. The van der Waals surface area contributed by atoms with Gasteiger partial charge in [0.15, 0.2) is 6.10 Å². The Kier molecular flexibility index (Phi) is 41.3. The first-order chi connectivity index (χ1) is 27.6. The third-order valence-electron chi connectivity index (χ3n) is 11.8. The standard InChI is InChI=1S/C51H98O6/c1-7-47(6)39-33-27-23-24-29-35-41-50(53)56-44-48(57-51(54)42-36-30-22-18-17-20-26-32-38-46(4)5)43-55-49(52)40-34-28-21-16-14-12-10-8-9-11-13-15-19-25-31-37-45(2)3/h45-48H,7-44H2,1-6H3/t47?,48-/m0/s1. The first-order valence-corrected chi connectivity index (χ1v) is 25.1. The van der Waals surface area contributed by atoms with Gasteiger partial charge in [0.1, 0.15) is 13.2 Å². The van der Waals surface area contributed by atoms with Crippen LogP contribution in [0.25, 0.3) is 0 Å². The van der Waals surface area contributed by atoms with Gasteiger partial charge in [0.05, 0.1) is 0 Å². The van der Waals surface area contributed by atoms with Gasteiger partial charge in [-0.15, -0.1) is 0 Å². The van der Waals surface area contributed by atoms with Gasteiger partial charge >= 0.3 is 17.9 Å². The maximum atomic E-state index is 12.7. The third-order valence-corrected chi connectivity index (χ3v) is 11.8. The van der Waals surface area contributed by atoms with Crippen LogP contribution in [0.5, 0.6) is 0 Å². The number of rotatable bonds is 44. The Morgan fingerprint density at radius 3 is 0.912 bits per heavy atom. The fraction of sp³-hybridized carbons (Fsp3) is 0.941. The number of esters is 3. The van der Waals surface area contributed by atoms with Crippen LogP contribution in [0.15, 0.2) is 0 Å². The molecular weight excluding hydrogens is 709 g/mol. The molecule has 6 nitrogen and oxygen atoms in total. The van der Waals surface area contributed by atoms with E-state index in [1.54, 1.807) is 0 Å². The lowest BCUT2D eigenvalue weighted by Crippen LogP contribution is -2.30. The van der Waals surface area contributed by atoms with Gasteiger partial charge in [-0.05, 0) is 37.0 Å². The SMILES string of the molecule is CCC(C)CCCCCCCCC(=O)OC[C@H](COC(=O)CCCCCCCCCCCCCCCCCC(C)C)OC(=O)CCCCCCCCCCC(C)C. The molecule has 0 radical (unpaired) electrons. The summed E-state index contributed by atoms with van der Waals surface area (Å²) in [6.45, 7) is 13.7. The lowest BCUT2D eigenvalue weighted by Gasteiger charge is -2.18. The Morgan fingerprint density at radius 2 is 0.614 bits per heavy atom. The Morgan fingerprint density at radius 1 is 0.351 bits per heavy atom. The molecule has 0 aliphatic heterocycles. The molecule has 0 amide bonds. The summed E-state index contributed by atoms with van der Waals surface area (Å²) in [7, 11) is 0. The molecule has 0 saturated heterocycles. The van der Waals surface area contributed by atoms with Crippen LogP contribution in [0.3, 0.4) is 0 Å². The van der Waals surface area contributed by atoms with E-state index in [0.717, 1.165) is 75.5 Å². The molecule has 0 fully saturated rings. The summed E-state index contributed by atoms with van der Waals surface area (Å²) >= 11 is 0. The van der Waals surface area contributed by atoms with Crippen molar-refractivity contribution in [3.8, 4) is 0 Å². The smallest absolute Gasteiger partial charge is 0.306 e. The number of hydrogen-bond acceptors (Lipinski definition) is 6. The van der Waals surface area contributed by atoms with Crippen molar-refractivity contribution in [3.63, 3.8) is 0 Å². The highest BCUT2D eigenvalue weighted by atomic mass is 16.6. The van der Waals surface area contributed by atoms with Crippen LogP contribution < -0.4 is 0 Å². The van der Waals surface area contributed by atoms with Crippen molar-refractivity contribution in [1.29, 1.82) is 0 Å². The van der Waals surface area contributed by atoms with E-state index in [9.17, 15) is 14.4 Å². The largest absolute Gasteiger partial charge is 0.462 e. The van der Waals surface area contributed by atoms with E-state index < -0.39 is 6.10 Å². The van der Waals surface area contributed by atoms with Crippen molar-refractivity contribution in [1.82, 2.24) is 0 Å². The Balaban J connectivity index is 4.26. The third kappa shape index (κ3) is 43.8. The number of carbonyl (C=O) groups is 3. The van der Waals surface area contributed by atoms with Gasteiger partial charge in [0.25, 0.3) is 0 Å². The highest BCUT2D eigenvalue weighted by Gasteiger charge is 2.19. The van der Waals surface area contributed by atoms with Crippen LogP contribution in [-0.2, 0) is 28.6 Å². The van der Waals surface area contributed by atoms with Crippen LogP contribution in [0.2, 0.25) is 0 Å². The lowest BCUT2D eigenvalue weighted by molar-refractivity contribution is -0.167. The topological polar surface area (TPSA) is 78.9 Å². The molecule has 0 aromatic carbocycles. The zero-order chi connectivity index (χ0) is 42.0. The van der Waals surface area contributed by atoms with E-state index in [1.807, 2.05) is 0 Å². The molecule has 0 heterocycles. The van der Waals surface area contributed by atoms with E-state index in [0.29, 0.717) is 19.3 Å². The van der Waals surface area contributed by atoms with Gasteiger partial charge in [0.2, 0.25) is 0 Å². The number of ether oxygens (including phenoxy) is 3. The quantitative estimate of drug-likeness (QED) is 0.0347. The molecule has 57 heavy (non-hydrogen) atoms. The maximum Gasteiger partial charge on any atom is 0.306 e. The Labute approximate surface area is 355 Å². The molecule has 1 unspecified atom stereocenters. The zero-order valence-corrected chi connectivity index (χ0v) is 39.1. The maximum absolute atomic E-state index is 12.7. The predicted molar refractivity (Wildman–Crippen MR) is 243 cm³/mol. The highest BCUT2D eigenvalue weighted by Crippen LogP contribution is 2.18. The van der Waals surface area contributed by atoms with Crippen LogP contribution in [0.1, 0.15) is 273 Å². The van der Waals surface area contributed by atoms with E-state index in [4.69, 9.17) is 14.2 Å². The molecular formula is C51H98O6. The van der Waals surface area contributed by atoms with Crippen molar-refractivity contribution < 1.29 is 28.6 Å². The van der Waals surface area contributed by atoms with Crippen LogP contribution >= 0.6 is 0 Å².